The van der Waals surface area contributed by atoms with Crippen molar-refractivity contribution in [3.05, 3.63) is 62.9 Å². The molecule has 2 heterocycles. The van der Waals surface area contributed by atoms with E-state index in [0.717, 1.165) is 26.4 Å². The van der Waals surface area contributed by atoms with Gasteiger partial charge in [-0.15, -0.1) is 11.3 Å². The van der Waals surface area contributed by atoms with Crippen LogP contribution in [0.5, 0.6) is 11.5 Å². The lowest BCUT2D eigenvalue weighted by Gasteiger charge is -2.12. The number of hydrogen-bond donors (Lipinski definition) is 1. The zero-order valence-electron chi connectivity index (χ0n) is 19.1. The third-order valence-electron chi connectivity index (χ3n) is 5.06. The monoisotopic (exact) mass is 464 g/mol. The van der Waals surface area contributed by atoms with Gasteiger partial charge in [0.25, 0.3) is 5.56 Å². The molecule has 0 aliphatic heterocycles. The average molecular weight is 465 g/mol. The number of fused-ring (bicyclic) bond motifs is 1. The number of ether oxygens (including phenoxy) is 2. The van der Waals surface area contributed by atoms with Crippen LogP contribution in [0.25, 0.3) is 21.5 Å². The highest BCUT2D eigenvalue weighted by atomic mass is 32.1. The van der Waals surface area contributed by atoms with Crippen molar-refractivity contribution in [2.75, 3.05) is 19.5 Å². The number of nitrogens with one attached hydrogen (secondary N) is 1. The average Bonchev–Trinajstić information content (AvgIpc) is 3.16. The molecule has 0 aliphatic rings. The Morgan fingerprint density at radius 1 is 1.03 bits per heavy atom. The normalized spacial score (nSPS) is 10.9. The van der Waals surface area contributed by atoms with Gasteiger partial charge < -0.3 is 14.8 Å². The van der Waals surface area contributed by atoms with E-state index in [1.165, 1.54) is 11.3 Å². The molecule has 0 unspecified atom stereocenters. The fourth-order valence-corrected chi connectivity index (χ4v) is 4.65. The Morgan fingerprint density at radius 3 is 2.39 bits per heavy atom. The van der Waals surface area contributed by atoms with Crippen LogP contribution in [-0.2, 0) is 11.3 Å². The van der Waals surface area contributed by atoms with Crippen molar-refractivity contribution in [3.63, 3.8) is 0 Å². The summed E-state index contributed by atoms with van der Waals surface area (Å²) in [5, 5.41) is 8.14. The molecular weight excluding hydrogens is 440 g/mol. The summed E-state index contributed by atoms with van der Waals surface area (Å²) < 4.78 is 12.6. The number of amides is 1. The van der Waals surface area contributed by atoms with Crippen molar-refractivity contribution in [2.24, 2.45) is 0 Å². The Balaban J connectivity index is 1.76. The second kappa shape index (κ2) is 9.03. The smallest absolute Gasteiger partial charge is 0.294 e. The van der Waals surface area contributed by atoms with E-state index in [-0.39, 0.29) is 18.0 Å². The van der Waals surface area contributed by atoms with Crippen LogP contribution < -0.4 is 20.3 Å². The number of anilines is 1. The lowest BCUT2D eigenvalue weighted by Crippen LogP contribution is -2.30. The molecule has 0 atom stereocenters. The molecular formula is C24H24N4O4S. The van der Waals surface area contributed by atoms with Crippen LogP contribution in [0.3, 0.4) is 0 Å². The Hall–Kier alpha value is -3.72. The minimum atomic E-state index is -0.408. The van der Waals surface area contributed by atoms with Crippen LogP contribution in [0, 0.1) is 20.8 Å². The van der Waals surface area contributed by atoms with E-state index < -0.39 is 5.56 Å². The fraction of sp³-hybridized carbons (Fsp3) is 0.250. The number of hydrogen-bond acceptors (Lipinski definition) is 7. The number of benzene rings is 2. The van der Waals surface area contributed by atoms with Crippen LogP contribution in [0.4, 0.5) is 5.69 Å². The van der Waals surface area contributed by atoms with Crippen LogP contribution in [-0.4, -0.2) is 34.9 Å². The summed E-state index contributed by atoms with van der Waals surface area (Å²) in [7, 11) is 3.12. The number of aromatic nitrogens is 3. The van der Waals surface area contributed by atoms with Gasteiger partial charge in [0.2, 0.25) is 5.91 Å². The molecule has 0 bridgehead atoms. The summed E-state index contributed by atoms with van der Waals surface area (Å²) in [5.41, 5.74) is 3.91. The molecule has 2 aromatic heterocycles. The second-order valence-corrected chi connectivity index (χ2v) is 8.92. The van der Waals surface area contributed by atoms with Gasteiger partial charge in [-0.1, -0.05) is 6.07 Å². The molecule has 0 radical (unpaired) electrons. The van der Waals surface area contributed by atoms with E-state index in [1.54, 1.807) is 26.4 Å². The molecule has 1 amide bonds. The van der Waals surface area contributed by atoms with Gasteiger partial charge in [-0.05, 0) is 62.2 Å². The molecule has 33 heavy (non-hydrogen) atoms. The molecule has 0 aliphatic carbocycles. The molecule has 8 nitrogen and oxygen atoms in total. The molecule has 0 saturated carbocycles. The van der Waals surface area contributed by atoms with E-state index in [2.05, 4.69) is 15.4 Å². The number of thiazole rings is 1. The minimum absolute atomic E-state index is 0.237. The SMILES string of the molecule is COc1ccc(-c2nn(CC(=O)Nc3cc(C)cc(C)c3)c(=O)c3nc(C)sc23)cc1OC. The summed E-state index contributed by atoms with van der Waals surface area (Å²) in [6.45, 7) is 5.52. The Bertz CT molecular complexity index is 1400. The number of rotatable bonds is 6. The Kier molecular flexibility index (Phi) is 6.15. The summed E-state index contributed by atoms with van der Waals surface area (Å²) in [4.78, 5) is 30.2. The van der Waals surface area contributed by atoms with E-state index in [1.807, 2.05) is 45.0 Å². The number of aryl methyl sites for hydroxylation is 3. The van der Waals surface area contributed by atoms with Gasteiger partial charge in [-0.3, -0.25) is 9.59 Å². The highest BCUT2D eigenvalue weighted by Crippen LogP contribution is 2.35. The zero-order valence-corrected chi connectivity index (χ0v) is 19.9. The largest absolute Gasteiger partial charge is 0.493 e. The Morgan fingerprint density at radius 2 is 1.73 bits per heavy atom. The number of nitrogens with zero attached hydrogens (tertiary/aromatic N) is 3. The van der Waals surface area contributed by atoms with Crippen LogP contribution in [0.15, 0.2) is 41.2 Å². The highest BCUT2D eigenvalue weighted by Gasteiger charge is 2.19. The van der Waals surface area contributed by atoms with Crippen molar-refractivity contribution < 1.29 is 14.3 Å². The van der Waals surface area contributed by atoms with Gasteiger partial charge in [0.15, 0.2) is 17.0 Å². The standard InChI is InChI=1S/C24H24N4O4S/c1-13-8-14(2)10-17(9-13)26-20(29)12-28-24(30)22-23(33-15(3)25-22)21(27-28)16-6-7-18(31-4)19(11-16)32-5/h6-11H,12H2,1-5H3,(H,26,29). The zero-order chi connectivity index (χ0) is 23.7. The van der Waals surface area contributed by atoms with Crippen molar-refractivity contribution >= 4 is 33.1 Å². The molecule has 0 saturated heterocycles. The lowest BCUT2D eigenvalue weighted by atomic mass is 10.1. The quantitative estimate of drug-likeness (QED) is 0.462. The fourth-order valence-electron chi connectivity index (χ4n) is 3.73. The van der Waals surface area contributed by atoms with E-state index in [4.69, 9.17) is 9.47 Å². The van der Waals surface area contributed by atoms with Crippen LogP contribution in [0.1, 0.15) is 16.1 Å². The molecule has 0 spiro atoms. The van der Waals surface area contributed by atoms with Crippen molar-refractivity contribution in [3.8, 4) is 22.8 Å². The first-order valence-corrected chi connectivity index (χ1v) is 11.1. The van der Waals surface area contributed by atoms with Crippen LogP contribution >= 0.6 is 11.3 Å². The lowest BCUT2D eigenvalue weighted by molar-refractivity contribution is -0.117. The van der Waals surface area contributed by atoms with E-state index in [9.17, 15) is 9.59 Å². The number of carbonyl (C=O) groups is 1. The maximum Gasteiger partial charge on any atom is 0.294 e. The summed E-state index contributed by atoms with van der Waals surface area (Å²) in [6.07, 6.45) is 0. The van der Waals surface area contributed by atoms with E-state index in [0.29, 0.717) is 27.6 Å². The van der Waals surface area contributed by atoms with Crippen molar-refractivity contribution in [1.29, 1.82) is 0 Å². The van der Waals surface area contributed by atoms with Crippen LogP contribution in [0.2, 0.25) is 0 Å². The number of methoxy groups -OCH3 is 2. The Labute approximate surface area is 194 Å². The second-order valence-electron chi connectivity index (χ2n) is 7.72. The predicted octanol–water partition coefficient (Wildman–Crippen LogP) is 4.10. The number of carbonyl (C=O) groups excluding carboxylic acids is 1. The predicted molar refractivity (Wildman–Crippen MR) is 129 cm³/mol. The van der Waals surface area contributed by atoms with Gasteiger partial charge in [-0.2, -0.15) is 5.10 Å². The molecule has 0 fully saturated rings. The molecule has 1 N–H and O–H groups in total. The third-order valence-corrected chi connectivity index (χ3v) is 6.04. The van der Waals surface area contributed by atoms with Gasteiger partial charge in [0, 0.05) is 11.3 Å². The first-order chi connectivity index (χ1) is 15.8. The molecule has 4 aromatic rings. The maximum absolute atomic E-state index is 13.1. The molecule has 9 heteroatoms. The summed E-state index contributed by atoms with van der Waals surface area (Å²) in [6, 6.07) is 11.2. The van der Waals surface area contributed by atoms with E-state index >= 15 is 0 Å². The van der Waals surface area contributed by atoms with Crippen molar-refractivity contribution in [1.82, 2.24) is 14.8 Å². The topological polar surface area (TPSA) is 95.3 Å². The molecule has 2 aromatic carbocycles. The van der Waals surface area contributed by atoms with Gasteiger partial charge in [-0.25, -0.2) is 9.67 Å². The minimum Gasteiger partial charge on any atom is -0.493 e. The first kappa shape index (κ1) is 22.5. The highest BCUT2D eigenvalue weighted by molar-refractivity contribution is 7.19. The summed E-state index contributed by atoms with van der Waals surface area (Å²) >= 11 is 1.39. The van der Waals surface area contributed by atoms with Gasteiger partial charge in [0.05, 0.1) is 23.9 Å². The van der Waals surface area contributed by atoms with Gasteiger partial charge in [0.1, 0.15) is 12.2 Å². The van der Waals surface area contributed by atoms with Crippen molar-refractivity contribution in [2.45, 2.75) is 27.3 Å². The summed E-state index contributed by atoms with van der Waals surface area (Å²) in [5.74, 6) is 0.773. The third kappa shape index (κ3) is 4.58. The molecule has 170 valence electrons. The van der Waals surface area contributed by atoms with Gasteiger partial charge >= 0.3 is 0 Å². The first-order valence-electron chi connectivity index (χ1n) is 10.3. The molecule has 4 rings (SSSR count). The maximum atomic E-state index is 13.1.